The number of nitrogens with two attached hydrogens (primary N) is 2. The van der Waals surface area contributed by atoms with Crippen LogP contribution < -0.4 is 16.2 Å². The molecule has 1 rings (SSSR count). The molecule has 0 fully saturated rings. The van der Waals surface area contributed by atoms with E-state index in [-0.39, 0.29) is 0 Å². The van der Waals surface area contributed by atoms with E-state index < -0.39 is 0 Å². The molecule has 4 nitrogen and oxygen atoms in total. The topological polar surface area (TPSA) is 70.5 Å². The van der Waals surface area contributed by atoms with Crippen LogP contribution in [0.25, 0.3) is 0 Å². The van der Waals surface area contributed by atoms with E-state index in [9.17, 15) is 0 Å². The smallest absolute Gasteiger partial charge is 0.142 e. The van der Waals surface area contributed by atoms with Crippen molar-refractivity contribution in [2.45, 2.75) is 6.92 Å². The Balaban J connectivity index is 2.46. The van der Waals surface area contributed by atoms with Crippen molar-refractivity contribution in [3.05, 3.63) is 60.5 Å². The lowest BCUT2D eigenvalue weighted by atomic mass is 10.2. The molecule has 0 saturated carbocycles. The summed E-state index contributed by atoms with van der Waals surface area (Å²) in [5.41, 5.74) is 13.4. The highest BCUT2D eigenvalue weighted by atomic mass is 16.5. The predicted molar refractivity (Wildman–Crippen MR) is 78.6 cm³/mol. The van der Waals surface area contributed by atoms with Gasteiger partial charge in [0.25, 0.3) is 0 Å². The lowest BCUT2D eigenvalue weighted by molar-refractivity contribution is 0.161. The van der Waals surface area contributed by atoms with Gasteiger partial charge in [-0.05, 0) is 30.7 Å². The third-order valence-corrected chi connectivity index (χ3v) is 2.35. The maximum atomic E-state index is 5.80. The van der Waals surface area contributed by atoms with Gasteiger partial charge in [0, 0.05) is 0 Å². The first-order valence-electron chi connectivity index (χ1n) is 5.93. The Morgan fingerprint density at radius 1 is 1.37 bits per heavy atom. The van der Waals surface area contributed by atoms with E-state index in [1.54, 1.807) is 12.2 Å². The minimum absolute atomic E-state index is 0.350. The van der Waals surface area contributed by atoms with Crippen LogP contribution in [0.15, 0.2) is 55.0 Å². The summed E-state index contributed by atoms with van der Waals surface area (Å²) in [7, 11) is 0. The van der Waals surface area contributed by atoms with Gasteiger partial charge in [-0.15, -0.1) is 0 Å². The molecule has 0 aliphatic carbocycles. The van der Waals surface area contributed by atoms with Crippen molar-refractivity contribution in [3.8, 4) is 5.75 Å². The fraction of sp³-hybridized carbons (Fsp3) is 0.200. The number of hydrogen-bond donors (Lipinski definition) is 2. The second-order valence-electron chi connectivity index (χ2n) is 4.03. The van der Waals surface area contributed by atoms with E-state index in [4.69, 9.17) is 20.9 Å². The molecule has 0 bridgehead atoms. The van der Waals surface area contributed by atoms with Gasteiger partial charge in [-0.1, -0.05) is 25.3 Å². The standard InChI is InChI=1S/C15H20N2O2/c1-4-5-14(12(3)16)18-8-9-19-15-10-11(2)6-7-13(15)17/h4-7,10H,1,3,8-9,16-17H2,2H3/b14-5+. The van der Waals surface area contributed by atoms with Crippen molar-refractivity contribution in [2.24, 2.45) is 5.73 Å². The van der Waals surface area contributed by atoms with Crippen LogP contribution in [0.4, 0.5) is 5.69 Å². The number of rotatable bonds is 7. The van der Waals surface area contributed by atoms with Gasteiger partial charge in [-0.2, -0.15) is 0 Å². The first kappa shape index (κ1) is 14.7. The first-order chi connectivity index (χ1) is 9.04. The molecule has 1 aromatic rings. The monoisotopic (exact) mass is 260 g/mol. The molecule has 0 aliphatic rings. The van der Waals surface area contributed by atoms with Crippen LogP contribution in [0.1, 0.15) is 5.56 Å². The maximum absolute atomic E-state index is 5.80. The summed E-state index contributed by atoms with van der Waals surface area (Å²) in [6.45, 7) is 9.89. The number of allylic oxidation sites excluding steroid dienone is 2. The fourth-order valence-corrected chi connectivity index (χ4v) is 1.42. The highest BCUT2D eigenvalue weighted by Crippen LogP contribution is 2.22. The van der Waals surface area contributed by atoms with Gasteiger partial charge < -0.3 is 20.9 Å². The van der Waals surface area contributed by atoms with Gasteiger partial charge in [0.05, 0.1) is 11.4 Å². The molecule has 0 heterocycles. The Morgan fingerprint density at radius 2 is 2.11 bits per heavy atom. The number of benzene rings is 1. The number of nitrogen functional groups attached to an aromatic ring is 1. The van der Waals surface area contributed by atoms with E-state index in [0.29, 0.717) is 36.1 Å². The van der Waals surface area contributed by atoms with Crippen molar-refractivity contribution >= 4 is 5.69 Å². The average Bonchev–Trinajstić information content (AvgIpc) is 2.36. The first-order valence-corrected chi connectivity index (χ1v) is 5.93. The molecule has 102 valence electrons. The minimum Gasteiger partial charge on any atom is -0.488 e. The van der Waals surface area contributed by atoms with Gasteiger partial charge in [0.1, 0.15) is 24.7 Å². The Labute approximate surface area is 114 Å². The van der Waals surface area contributed by atoms with E-state index in [1.807, 2.05) is 25.1 Å². The minimum atomic E-state index is 0.350. The van der Waals surface area contributed by atoms with Crippen LogP contribution in [-0.4, -0.2) is 13.2 Å². The molecular formula is C15H20N2O2. The zero-order valence-corrected chi connectivity index (χ0v) is 11.2. The summed E-state index contributed by atoms with van der Waals surface area (Å²) in [5.74, 6) is 1.15. The van der Waals surface area contributed by atoms with Crippen molar-refractivity contribution in [3.63, 3.8) is 0 Å². The van der Waals surface area contributed by atoms with Crippen LogP contribution >= 0.6 is 0 Å². The average molecular weight is 260 g/mol. The molecule has 4 N–H and O–H groups in total. The van der Waals surface area contributed by atoms with Crippen LogP contribution in [-0.2, 0) is 4.74 Å². The molecule has 4 heteroatoms. The zero-order valence-electron chi connectivity index (χ0n) is 11.2. The SMILES string of the molecule is C=C/C=C(/OCCOc1cc(C)ccc1N)C(=C)N. The lowest BCUT2D eigenvalue weighted by Crippen LogP contribution is -2.10. The Morgan fingerprint density at radius 3 is 2.74 bits per heavy atom. The van der Waals surface area contributed by atoms with E-state index >= 15 is 0 Å². The van der Waals surface area contributed by atoms with Crippen LogP contribution in [0.5, 0.6) is 5.75 Å². The van der Waals surface area contributed by atoms with Gasteiger partial charge >= 0.3 is 0 Å². The predicted octanol–water partition coefficient (Wildman–Crippen LogP) is 2.51. The molecule has 0 atom stereocenters. The molecule has 0 unspecified atom stereocenters. The Hall–Kier alpha value is -2.36. The van der Waals surface area contributed by atoms with E-state index in [1.165, 1.54) is 0 Å². The van der Waals surface area contributed by atoms with Crippen molar-refractivity contribution in [1.82, 2.24) is 0 Å². The number of ether oxygens (including phenoxy) is 2. The molecule has 0 saturated heterocycles. The number of aryl methyl sites for hydroxylation is 1. The van der Waals surface area contributed by atoms with Crippen LogP contribution in [0, 0.1) is 6.92 Å². The molecule has 0 aromatic heterocycles. The number of hydrogen-bond acceptors (Lipinski definition) is 4. The maximum Gasteiger partial charge on any atom is 0.142 e. The molecule has 19 heavy (non-hydrogen) atoms. The van der Waals surface area contributed by atoms with Crippen LogP contribution in [0.3, 0.4) is 0 Å². The summed E-state index contributed by atoms with van der Waals surface area (Å²) < 4.78 is 11.0. The summed E-state index contributed by atoms with van der Waals surface area (Å²) in [5, 5.41) is 0. The van der Waals surface area contributed by atoms with Gasteiger partial charge in [-0.25, -0.2) is 0 Å². The quantitative estimate of drug-likeness (QED) is 0.342. The van der Waals surface area contributed by atoms with Crippen molar-refractivity contribution in [1.29, 1.82) is 0 Å². The molecule has 0 spiro atoms. The summed E-state index contributed by atoms with van der Waals surface area (Å²) in [6, 6.07) is 5.63. The second kappa shape index (κ2) is 7.16. The Bertz CT molecular complexity index is 493. The summed E-state index contributed by atoms with van der Waals surface area (Å²) >= 11 is 0. The van der Waals surface area contributed by atoms with Crippen molar-refractivity contribution < 1.29 is 9.47 Å². The highest BCUT2D eigenvalue weighted by Gasteiger charge is 2.02. The largest absolute Gasteiger partial charge is 0.488 e. The zero-order chi connectivity index (χ0) is 14.3. The molecular weight excluding hydrogens is 240 g/mol. The third-order valence-electron chi connectivity index (χ3n) is 2.35. The molecule has 0 radical (unpaired) electrons. The Kier molecular flexibility index (Phi) is 5.54. The summed E-state index contributed by atoms with van der Waals surface area (Å²) in [6.07, 6.45) is 3.25. The molecule has 1 aromatic carbocycles. The molecule has 0 aliphatic heterocycles. The van der Waals surface area contributed by atoms with Crippen molar-refractivity contribution in [2.75, 3.05) is 18.9 Å². The summed E-state index contributed by atoms with van der Waals surface area (Å²) in [4.78, 5) is 0. The van der Waals surface area contributed by atoms with Crippen LogP contribution in [0.2, 0.25) is 0 Å². The fourth-order valence-electron chi connectivity index (χ4n) is 1.42. The van der Waals surface area contributed by atoms with Gasteiger partial charge in [0.2, 0.25) is 0 Å². The molecule has 0 amide bonds. The second-order valence-corrected chi connectivity index (χ2v) is 4.03. The van der Waals surface area contributed by atoms with Gasteiger partial charge in [-0.3, -0.25) is 0 Å². The van der Waals surface area contributed by atoms with E-state index in [0.717, 1.165) is 5.56 Å². The van der Waals surface area contributed by atoms with Gasteiger partial charge in [0.15, 0.2) is 0 Å². The normalized spacial score (nSPS) is 10.9. The number of anilines is 1. The lowest BCUT2D eigenvalue weighted by Gasteiger charge is -2.12. The van der Waals surface area contributed by atoms with E-state index in [2.05, 4.69) is 13.2 Å². The third kappa shape index (κ3) is 4.79. The highest BCUT2D eigenvalue weighted by molar-refractivity contribution is 5.53.